The van der Waals surface area contributed by atoms with Gasteiger partial charge < -0.3 is 15.4 Å². The SMILES string of the molecule is COc1ccc2ccccc2c1[C@H]1Nc2ccccc2NC2=CC(C)(C)CC(=O)[C@@H]21. The van der Waals surface area contributed by atoms with Crippen LogP contribution >= 0.6 is 0 Å². The van der Waals surface area contributed by atoms with E-state index in [0.29, 0.717) is 6.42 Å². The number of ketones is 1. The number of Topliss-reactive ketones (excluding diaryl/α,β-unsaturated/α-hetero) is 1. The average Bonchev–Trinajstić information content (AvgIpc) is 2.88. The van der Waals surface area contributed by atoms with E-state index < -0.39 is 0 Å². The Morgan fingerprint density at radius 3 is 2.50 bits per heavy atom. The highest BCUT2D eigenvalue weighted by molar-refractivity contribution is 5.94. The van der Waals surface area contributed by atoms with Crippen molar-refractivity contribution in [1.29, 1.82) is 0 Å². The topological polar surface area (TPSA) is 50.4 Å². The molecular formula is C26H26N2O2. The van der Waals surface area contributed by atoms with Crippen LogP contribution in [-0.2, 0) is 4.79 Å². The summed E-state index contributed by atoms with van der Waals surface area (Å²) >= 11 is 0. The van der Waals surface area contributed by atoms with E-state index in [1.807, 2.05) is 30.3 Å². The molecule has 0 amide bonds. The zero-order valence-corrected chi connectivity index (χ0v) is 17.5. The molecular weight excluding hydrogens is 372 g/mol. The van der Waals surface area contributed by atoms with Gasteiger partial charge in [-0.25, -0.2) is 0 Å². The minimum absolute atomic E-state index is 0.178. The van der Waals surface area contributed by atoms with Crippen LogP contribution in [0.2, 0.25) is 0 Å². The van der Waals surface area contributed by atoms with Crippen molar-refractivity contribution in [2.75, 3.05) is 17.7 Å². The molecule has 1 aliphatic carbocycles. The maximum Gasteiger partial charge on any atom is 0.145 e. The van der Waals surface area contributed by atoms with E-state index in [-0.39, 0.29) is 23.2 Å². The standard InChI is InChI=1S/C26H26N2O2/c1-26(2)14-20-24(21(29)15-26)25(28-19-11-7-6-10-18(19)27-20)23-17-9-5-4-8-16(17)12-13-22(23)30-3/h4-14,24-25,27-28H,15H2,1-3H3/t24-,25-/m1/s1. The Morgan fingerprint density at radius 1 is 0.967 bits per heavy atom. The number of rotatable bonds is 2. The summed E-state index contributed by atoms with van der Waals surface area (Å²) in [7, 11) is 1.69. The van der Waals surface area contributed by atoms with E-state index in [4.69, 9.17) is 4.74 Å². The lowest BCUT2D eigenvalue weighted by Gasteiger charge is -2.36. The second-order valence-electron chi connectivity index (χ2n) is 8.90. The van der Waals surface area contributed by atoms with Gasteiger partial charge in [0.2, 0.25) is 0 Å². The van der Waals surface area contributed by atoms with Gasteiger partial charge in [-0.05, 0) is 34.4 Å². The predicted molar refractivity (Wildman–Crippen MR) is 122 cm³/mol. The number of ether oxygens (including phenoxy) is 1. The lowest BCUT2D eigenvalue weighted by atomic mass is 9.72. The van der Waals surface area contributed by atoms with Gasteiger partial charge >= 0.3 is 0 Å². The molecule has 1 heterocycles. The summed E-state index contributed by atoms with van der Waals surface area (Å²) in [5.74, 6) is 0.720. The van der Waals surface area contributed by atoms with Gasteiger partial charge in [-0.15, -0.1) is 0 Å². The molecule has 1 aliphatic heterocycles. The predicted octanol–water partition coefficient (Wildman–Crippen LogP) is 5.93. The summed E-state index contributed by atoms with van der Waals surface area (Å²) in [4.78, 5) is 13.5. The number of methoxy groups -OCH3 is 1. The number of carbonyl (C=O) groups excluding carboxylic acids is 1. The second kappa shape index (κ2) is 6.91. The Hall–Kier alpha value is -3.27. The Labute approximate surface area is 176 Å². The van der Waals surface area contributed by atoms with Crippen molar-refractivity contribution in [3.8, 4) is 5.75 Å². The first-order valence-electron chi connectivity index (χ1n) is 10.4. The smallest absolute Gasteiger partial charge is 0.145 e. The summed E-state index contributed by atoms with van der Waals surface area (Å²) in [5, 5.41) is 9.50. The van der Waals surface area contributed by atoms with E-state index in [1.165, 1.54) is 0 Å². The van der Waals surface area contributed by atoms with Gasteiger partial charge in [0.05, 0.1) is 30.4 Å². The number of para-hydroxylation sites is 2. The van der Waals surface area contributed by atoms with E-state index in [0.717, 1.165) is 39.2 Å². The Morgan fingerprint density at radius 2 is 1.70 bits per heavy atom. The molecule has 152 valence electrons. The van der Waals surface area contributed by atoms with Gasteiger partial charge in [-0.1, -0.05) is 62.4 Å². The normalized spacial score (nSPS) is 22.1. The number of hydrogen-bond acceptors (Lipinski definition) is 4. The summed E-state index contributed by atoms with van der Waals surface area (Å²) in [6, 6.07) is 20.3. The number of benzene rings is 3. The number of anilines is 2. The van der Waals surface area contributed by atoms with Gasteiger partial charge in [-0.2, -0.15) is 0 Å². The first-order chi connectivity index (χ1) is 14.5. The Balaban J connectivity index is 1.79. The minimum Gasteiger partial charge on any atom is -0.496 e. The third-order valence-electron chi connectivity index (χ3n) is 6.17. The highest BCUT2D eigenvalue weighted by Gasteiger charge is 2.42. The molecule has 4 nitrogen and oxygen atoms in total. The molecule has 0 saturated carbocycles. The van der Waals surface area contributed by atoms with Crippen LogP contribution in [0.3, 0.4) is 0 Å². The molecule has 2 atom stereocenters. The number of allylic oxidation sites excluding steroid dienone is 1. The third kappa shape index (κ3) is 3.04. The monoisotopic (exact) mass is 398 g/mol. The first-order valence-corrected chi connectivity index (χ1v) is 10.4. The van der Waals surface area contributed by atoms with Crippen LogP contribution in [0.4, 0.5) is 11.4 Å². The molecule has 3 aromatic carbocycles. The summed E-state index contributed by atoms with van der Waals surface area (Å²) in [6.07, 6.45) is 2.75. The molecule has 5 rings (SSSR count). The van der Waals surface area contributed by atoms with Crippen LogP contribution in [0.25, 0.3) is 10.8 Å². The molecule has 0 bridgehead atoms. The third-order valence-corrected chi connectivity index (χ3v) is 6.17. The number of nitrogens with one attached hydrogen (secondary N) is 2. The van der Waals surface area contributed by atoms with Crippen LogP contribution in [0.15, 0.2) is 72.4 Å². The van der Waals surface area contributed by atoms with Crippen LogP contribution in [-0.4, -0.2) is 12.9 Å². The van der Waals surface area contributed by atoms with Gasteiger partial charge in [0.1, 0.15) is 11.5 Å². The molecule has 0 radical (unpaired) electrons. The number of carbonyl (C=O) groups is 1. The fraction of sp³-hybridized carbons (Fsp3) is 0.269. The zero-order chi connectivity index (χ0) is 20.9. The maximum atomic E-state index is 13.5. The van der Waals surface area contributed by atoms with E-state index in [2.05, 4.69) is 60.9 Å². The van der Waals surface area contributed by atoms with Crippen molar-refractivity contribution in [3.63, 3.8) is 0 Å². The molecule has 4 heteroatoms. The van der Waals surface area contributed by atoms with Crippen molar-refractivity contribution in [2.45, 2.75) is 26.3 Å². The zero-order valence-electron chi connectivity index (χ0n) is 17.5. The highest BCUT2D eigenvalue weighted by Crippen LogP contribution is 2.48. The van der Waals surface area contributed by atoms with Gasteiger partial charge in [-0.3, -0.25) is 4.79 Å². The second-order valence-corrected chi connectivity index (χ2v) is 8.90. The van der Waals surface area contributed by atoms with Crippen LogP contribution < -0.4 is 15.4 Å². The molecule has 3 aromatic rings. The van der Waals surface area contributed by atoms with E-state index in [1.54, 1.807) is 7.11 Å². The van der Waals surface area contributed by atoms with Crippen molar-refractivity contribution in [2.24, 2.45) is 11.3 Å². The molecule has 0 unspecified atom stereocenters. The van der Waals surface area contributed by atoms with E-state index >= 15 is 0 Å². The van der Waals surface area contributed by atoms with Crippen molar-refractivity contribution in [1.82, 2.24) is 0 Å². The van der Waals surface area contributed by atoms with Gasteiger partial charge in [0.15, 0.2) is 0 Å². The summed E-state index contributed by atoms with van der Waals surface area (Å²) in [6.45, 7) is 4.24. The van der Waals surface area contributed by atoms with Crippen molar-refractivity contribution in [3.05, 3.63) is 78.0 Å². The van der Waals surface area contributed by atoms with Crippen molar-refractivity contribution < 1.29 is 9.53 Å². The molecule has 0 spiro atoms. The molecule has 2 aliphatic rings. The fourth-order valence-electron chi connectivity index (χ4n) is 4.91. The van der Waals surface area contributed by atoms with Crippen LogP contribution in [0, 0.1) is 11.3 Å². The Kier molecular flexibility index (Phi) is 4.31. The highest BCUT2D eigenvalue weighted by atomic mass is 16.5. The number of hydrogen-bond donors (Lipinski definition) is 2. The lowest BCUT2D eigenvalue weighted by Crippen LogP contribution is -2.36. The molecule has 0 saturated heterocycles. The quantitative estimate of drug-likeness (QED) is 0.562. The summed E-state index contributed by atoms with van der Waals surface area (Å²) in [5.41, 5.74) is 3.79. The van der Waals surface area contributed by atoms with Gasteiger partial charge in [0.25, 0.3) is 0 Å². The largest absolute Gasteiger partial charge is 0.496 e. The van der Waals surface area contributed by atoms with Crippen molar-refractivity contribution >= 4 is 27.9 Å². The molecule has 30 heavy (non-hydrogen) atoms. The van der Waals surface area contributed by atoms with E-state index in [9.17, 15) is 4.79 Å². The van der Waals surface area contributed by atoms with Crippen LogP contribution in [0.1, 0.15) is 31.9 Å². The Bertz CT molecular complexity index is 1180. The maximum absolute atomic E-state index is 13.5. The summed E-state index contributed by atoms with van der Waals surface area (Å²) < 4.78 is 5.80. The molecule has 2 N–H and O–H groups in total. The average molecular weight is 399 g/mol. The van der Waals surface area contributed by atoms with Crippen LogP contribution in [0.5, 0.6) is 5.75 Å². The first kappa shape index (κ1) is 18.7. The molecule has 0 aromatic heterocycles. The number of fused-ring (bicyclic) bond motifs is 3. The van der Waals surface area contributed by atoms with Gasteiger partial charge in [0, 0.05) is 17.7 Å². The minimum atomic E-state index is -0.315. The lowest BCUT2D eigenvalue weighted by molar-refractivity contribution is -0.124. The fourth-order valence-corrected chi connectivity index (χ4v) is 4.91. The molecule has 0 fully saturated rings.